The van der Waals surface area contributed by atoms with Crippen molar-refractivity contribution >= 4 is 21.8 Å². The van der Waals surface area contributed by atoms with E-state index in [1.54, 1.807) is 0 Å². The van der Waals surface area contributed by atoms with E-state index in [0.717, 1.165) is 0 Å². The molecule has 0 aliphatic carbocycles. The molecule has 3 nitrogen and oxygen atoms in total. The summed E-state index contributed by atoms with van der Waals surface area (Å²) in [5.74, 6) is 0.181. The number of aliphatic hydroxyl groups is 1. The van der Waals surface area contributed by atoms with Crippen LogP contribution in [0.5, 0.6) is 0 Å². The highest BCUT2D eigenvalue weighted by molar-refractivity contribution is 9.09. The molecule has 0 fully saturated rings. The molecule has 0 aliphatic heterocycles. The van der Waals surface area contributed by atoms with Crippen LogP contribution in [0.2, 0.25) is 0 Å². The molecule has 4 heteroatoms. The Kier molecular flexibility index (Phi) is 5.50. The van der Waals surface area contributed by atoms with Crippen molar-refractivity contribution in [3.63, 3.8) is 0 Å². The highest BCUT2D eigenvalue weighted by atomic mass is 79.9. The summed E-state index contributed by atoms with van der Waals surface area (Å²) in [4.78, 5) is 10.8. The largest absolute Gasteiger partial charge is 0.394 e. The average molecular weight is 224 g/mol. The molecule has 0 radical (unpaired) electrons. The maximum atomic E-state index is 10.8. The van der Waals surface area contributed by atoms with E-state index >= 15 is 0 Å². The molecule has 0 saturated carbocycles. The first-order valence-corrected chi connectivity index (χ1v) is 4.70. The maximum Gasteiger partial charge on any atom is 0.230 e. The second-order valence-corrected chi connectivity index (χ2v) is 3.29. The zero-order chi connectivity index (χ0) is 8.85. The van der Waals surface area contributed by atoms with Crippen LogP contribution in [0.15, 0.2) is 0 Å². The predicted octanol–water partition coefficient (Wildman–Crippen LogP) is 0.514. The van der Waals surface area contributed by atoms with E-state index in [9.17, 15) is 4.79 Å². The number of alkyl halides is 1. The van der Waals surface area contributed by atoms with Gasteiger partial charge >= 0.3 is 0 Å². The van der Waals surface area contributed by atoms with Crippen molar-refractivity contribution in [2.24, 2.45) is 5.92 Å². The third-order valence-electron chi connectivity index (χ3n) is 1.47. The van der Waals surface area contributed by atoms with Crippen molar-refractivity contribution in [3.05, 3.63) is 0 Å². The van der Waals surface area contributed by atoms with Crippen LogP contribution in [0.25, 0.3) is 0 Å². The zero-order valence-electron chi connectivity index (χ0n) is 6.80. The Morgan fingerprint density at radius 2 is 2.18 bits per heavy atom. The fraction of sp³-hybridized carbons (Fsp3) is 0.857. The van der Waals surface area contributed by atoms with Gasteiger partial charge in [-0.25, -0.2) is 0 Å². The standard InChI is InChI=1S/C7H14BrNO2/c1-5(2)6(4-10)9-7(11)3-8/h5-6,10H,3-4H2,1-2H3,(H,9,11). The molecule has 0 spiro atoms. The molecule has 0 aromatic heterocycles. The lowest BCUT2D eigenvalue weighted by Crippen LogP contribution is -2.41. The monoisotopic (exact) mass is 223 g/mol. The molecule has 0 bridgehead atoms. The van der Waals surface area contributed by atoms with E-state index in [1.165, 1.54) is 0 Å². The zero-order valence-corrected chi connectivity index (χ0v) is 8.39. The van der Waals surface area contributed by atoms with Crippen molar-refractivity contribution in [1.82, 2.24) is 5.32 Å². The topological polar surface area (TPSA) is 49.3 Å². The summed E-state index contributed by atoms with van der Waals surface area (Å²) in [7, 11) is 0. The Morgan fingerprint density at radius 1 is 1.64 bits per heavy atom. The molecule has 1 atom stereocenters. The van der Waals surface area contributed by atoms with Crippen molar-refractivity contribution < 1.29 is 9.90 Å². The van der Waals surface area contributed by atoms with Crippen molar-refractivity contribution in [2.75, 3.05) is 11.9 Å². The smallest absolute Gasteiger partial charge is 0.230 e. The number of halogens is 1. The second-order valence-electron chi connectivity index (χ2n) is 2.73. The summed E-state index contributed by atoms with van der Waals surface area (Å²) >= 11 is 3.03. The van der Waals surface area contributed by atoms with Gasteiger partial charge in [0.2, 0.25) is 5.91 Å². The molecule has 11 heavy (non-hydrogen) atoms. The second kappa shape index (κ2) is 5.55. The lowest BCUT2D eigenvalue weighted by molar-refractivity contribution is -0.119. The Bertz CT molecular complexity index is 128. The van der Waals surface area contributed by atoms with E-state index < -0.39 is 0 Å². The fourth-order valence-corrected chi connectivity index (χ4v) is 0.830. The first-order chi connectivity index (χ1) is 5.11. The number of carbonyl (C=O) groups is 1. The van der Waals surface area contributed by atoms with Gasteiger partial charge in [-0.05, 0) is 5.92 Å². The summed E-state index contributed by atoms with van der Waals surface area (Å²) in [5.41, 5.74) is 0. The quantitative estimate of drug-likeness (QED) is 0.683. The van der Waals surface area contributed by atoms with Gasteiger partial charge in [0.05, 0.1) is 18.0 Å². The minimum Gasteiger partial charge on any atom is -0.394 e. The van der Waals surface area contributed by atoms with Gasteiger partial charge in [-0.15, -0.1) is 0 Å². The number of aliphatic hydroxyl groups excluding tert-OH is 1. The Balaban J connectivity index is 3.78. The first kappa shape index (κ1) is 10.9. The normalized spacial score (nSPS) is 13.2. The van der Waals surface area contributed by atoms with E-state index in [4.69, 9.17) is 5.11 Å². The molecule has 0 rings (SSSR count). The van der Waals surface area contributed by atoms with Crippen LogP contribution in [0.1, 0.15) is 13.8 Å². The molecule has 0 aromatic rings. The van der Waals surface area contributed by atoms with Crippen LogP contribution < -0.4 is 5.32 Å². The molecule has 0 aromatic carbocycles. The maximum absolute atomic E-state index is 10.8. The van der Waals surface area contributed by atoms with Crippen molar-refractivity contribution in [1.29, 1.82) is 0 Å². The van der Waals surface area contributed by atoms with Crippen molar-refractivity contribution in [2.45, 2.75) is 19.9 Å². The van der Waals surface area contributed by atoms with Gasteiger partial charge in [-0.2, -0.15) is 0 Å². The van der Waals surface area contributed by atoms with Crippen LogP contribution in [0.4, 0.5) is 0 Å². The third kappa shape index (κ3) is 4.37. The average Bonchev–Trinajstić information content (AvgIpc) is 1.99. The van der Waals surface area contributed by atoms with E-state index in [1.807, 2.05) is 13.8 Å². The van der Waals surface area contributed by atoms with Crippen LogP contribution in [-0.2, 0) is 4.79 Å². The van der Waals surface area contributed by atoms with Gasteiger partial charge < -0.3 is 10.4 Å². The minimum atomic E-state index is -0.125. The third-order valence-corrected chi connectivity index (χ3v) is 1.98. The number of rotatable bonds is 4. The molecule has 2 N–H and O–H groups in total. The molecule has 1 unspecified atom stereocenters. The van der Waals surface area contributed by atoms with Crippen LogP contribution >= 0.6 is 15.9 Å². The molecule has 66 valence electrons. The summed E-state index contributed by atoms with van der Waals surface area (Å²) < 4.78 is 0. The van der Waals surface area contributed by atoms with E-state index in [0.29, 0.717) is 0 Å². The summed E-state index contributed by atoms with van der Waals surface area (Å²) in [6.45, 7) is 3.90. The molecule has 0 aliphatic rings. The number of hydrogen-bond donors (Lipinski definition) is 2. The van der Waals surface area contributed by atoms with E-state index in [-0.39, 0.29) is 29.8 Å². The SMILES string of the molecule is CC(C)C(CO)NC(=O)CBr. The number of nitrogens with one attached hydrogen (secondary N) is 1. The summed E-state index contributed by atoms with van der Waals surface area (Å²) in [6.07, 6.45) is 0. The van der Waals surface area contributed by atoms with Gasteiger partial charge in [0.1, 0.15) is 0 Å². The summed E-state index contributed by atoms with van der Waals surface area (Å²) in [5, 5.41) is 11.8. The van der Waals surface area contributed by atoms with Gasteiger partial charge in [0, 0.05) is 0 Å². The Labute approximate surface area is 75.3 Å². The van der Waals surface area contributed by atoms with Crippen molar-refractivity contribution in [3.8, 4) is 0 Å². The molecule has 0 heterocycles. The molecule has 0 saturated heterocycles. The Hall–Kier alpha value is -0.0900. The van der Waals surface area contributed by atoms with Crippen LogP contribution in [0, 0.1) is 5.92 Å². The lowest BCUT2D eigenvalue weighted by Gasteiger charge is -2.18. The van der Waals surface area contributed by atoms with Gasteiger partial charge in [-0.3, -0.25) is 4.79 Å². The molecular formula is C7H14BrNO2. The highest BCUT2D eigenvalue weighted by Crippen LogP contribution is 2.00. The van der Waals surface area contributed by atoms with Crippen LogP contribution in [0.3, 0.4) is 0 Å². The molecular weight excluding hydrogens is 210 g/mol. The lowest BCUT2D eigenvalue weighted by atomic mass is 10.1. The number of amides is 1. The first-order valence-electron chi connectivity index (χ1n) is 3.58. The van der Waals surface area contributed by atoms with Gasteiger partial charge in [0.15, 0.2) is 0 Å². The highest BCUT2D eigenvalue weighted by Gasteiger charge is 2.13. The predicted molar refractivity (Wildman–Crippen MR) is 47.6 cm³/mol. The molecule has 1 amide bonds. The van der Waals surface area contributed by atoms with Gasteiger partial charge in [0.25, 0.3) is 0 Å². The fourth-order valence-electron chi connectivity index (χ4n) is 0.668. The van der Waals surface area contributed by atoms with E-state index in [2.05, 4.69) is 21.2 Å². The van der Waals surface area contributed by atoms with Gasteiger partial charge in [-0.1, -0.05) is 29.8 Å². The number of carbonyl (C=O) groups excluding carboxylic acids is 1. The van der Waals surface area contributed by atoms with Crippen LogP contribution in [-0.4, -0.2) is 29.0 Å². The number of hydrogen-bond acceptors (Lipinski definition) is 2. The Morgan fingerprint density at radius 3 is 2.45 bits per heavy atom. The minimum absolute atomic E-state index is 0.00356. The summed E-state index contributed by atoms with van der Waals surface area (Å²) in [6, 6.07) is -0.125.